The van der Waals surface area contributed by atoms with Gasteiger partial charge in [0.15, 0.2) is 0 Å². The molecule has 2 aromatic heterocycles. The van der Waals surface area contributed by atoms with Crippen LogP contribution >= 0.6 is 0 Å². The van der Waals surface area contributed by atoms with Crippen LogP contribution in [0.1, 0.15) is 18.2 Å². The van der Waals surface area contributed by atoms with Crippen molar-refractivity contribution in [2.75, 3.05) is 0 Å². The van der Waals surface area contributed by atoms with Crippen molar-refractivity contribution in [2.45, 2.75) is 13.8 Å². The first kappa shape index (κ1) is 8.05. The first-order chi connectivity index (χ1) is 6.16. The Labute approximate surface area is 77.5 Å². The van der Waals surface area contributed by atoms with Crippen LogP contribution in [0.25, 0.3) is 11.2 Å². The molecule has 0 aromatic carbocycles. The highest BCUT2D eigenvalue weighted by atomic mass is 15.0. The number of hydrogen-bond donors (Lipinski definition) is 0. The van der Waals surface area contributed by atoms with Gasteiger partial charge in [-0.2, -0.15) is 0 Å². The average molecular weight is 172 g/mol. The Balaban J connectivity index is 2.68. The van der Waals surface area contributed by atoms with Crippen LogP contribution in [0.15, 0.2) is 31.1 Å². The summed E-state index contributed by atoms with van der Waals surface area (Å²) in [6, 6.07) is 4.08. The molecule has 0 amide bonds. The summed E-state index contributed by atoms with van der Waals surface area (Å²) in [7, 11) is 0. The zero-order valence-electron chi connectivity index (χ0n) is 7.91. The molecule has 0 aliphatic rings. The zero-order chi connectivity index (χ0) is 9.42. The summed E-state index contributed by atoms with van der Waals surface area (Å²) < 4.78 is 2.03. The molecule has 0 saturated carbocycles. The molecule has 0 saturated heterocycles. The van der Waals surface area contributed by atoms with E-state index in [1.807, 2.05) is 23.6 Å². The van der Waals surface area contributed by atoms with E-state index < -0.39 is 0 Å². The molecule has 0 spiro atoms. The predicted octanol–water partition coefficient (Wildman–Crippen LogP) is 2.68. The van der Waals surface area contributed by atoms with Gasteiger partial charge in [0.05, 0.1) is 5.69 Å². The SMILES string of the molecule is C=C(C)c1cn2cc(C)ccc2n1. The molecule has 2 heterocycles. The molecule has 2 rings (SSSR count). The van der Waals surface area contributed by atoms with E-state index in [1.165, 1.54) is 5.56 Å². The van der Waals surface area contributed by atoms with Crippen molar-refractivity contribution in [3.63, 3.8) is 0 Å². The highest BCUT2D eigenvalue weighted by Crippen LogP contribution is 2.12. The fourth-order valence-electron chi connectivity index (χ4n) is 1.31. The summed E-state index contributed by atoms with van der Waals surface area (Å²) >= 11 is 0. The maximum atomic E-state index is 4.42. The molecular weight excluding hydrogens is 160 g/mol. The highest BCUT2D eigenvalue weighted by molar-refractivity contribution is 5.60. The van der Waals surface area contributed by atoms with Crippen LogP contribution in [-0.4, -0.2) is 9.38 Å². The molecule has 2 aromatic rings. The lowest BCUT2D eigenvalue weighted by atomic mass is 10.3. The van der Waals surface area contributed by atoms with Crippen molar-refractivity contribution in [3.05, 3.63) is 42.4 Å². The second-order valence-corrected chi connectivity index (χ2v) is 3.38. The maximum absolute atomic E-state index is 4.42. The summed E-state index contributed by atoms with van der Waals surface area (Å²) in [6.45, 7) is 7.90. The monoisotopic (exact) mass is 172 g/mol. The van der Waals surface area contributed by atoms with Crippen LogP contribution < -0.4 is 0 Å². The lowest BCUT2D eigenvalue weighted by Gasteiger charge is -1.92. The van der Waals surface area contributed by atoms with E-state index in [4.69, 9.17) is 0 Å². The van der Waals surface area contributed by atoms with E-state index in [-0.39, 0.29) is 0 Å². The number of fused-ring (bicyclic) bond motifs is 1. The van der Waals surface area contributed by atoms with Gasteiger partial charge in [-0.1, -0.05) is 12.6 Å². The quantitative estimate of drug-likeness (QED) is 0.646. The number of imidazole rings is 1. The number of pyridine rings is 1. The van der Waals surface area contributed by atoms with Crippen molar-refractivity contribution in [3.8, 4) is 0 Å². The van der Waals surface area contributed by atoms with Crippen LogP contribution in [0.2, 0.25) is 0 Å². The molecule has 0 aliphatic carbocycles. The molecule has 0 radical (unpaired) electrons. The molecule has 2 nitrogen and oxygen atoms in total. The lowest BCUT2D eigenvalue weighted by Crippen LogP contribution is -1.82. The molecule has 0 aliphatic heterocycles. The van der Waals surface area contributed by atoms with Crippen molar-refractivity contribution in [1.29, 1.82) is 0 Å². The minimum absolute atomic E-state index is 0.964. The van der Waals surface area contributed by atoms with Gasteiger partial charge in [-0.15, -0.1) is 0 Å². The second-order valence-electron chi connectivity index (χ2n) is 3.38. The van der Waals surface area contributed by atoms with Gasteiger partial charge in [0, 0.05) is 12.4 Å². The van der Waals surface area contributed by atoms with Gasteiger partial charge in [0.1, 0.15) is 5.65 Å². The van der Waals surface area contributed by atoms with Gasteiger partial charge in [0.2, 0.25) is 0 Å². The fourth-order valence-corrected chi connectivity index (χ4v) is 1.31. The van der Waals surface area contributed by atoms with E-state index in [0.717, 1.165) is 16.9 Å². The molecule has 0 unspecified atom stereocenters. The van der Waals surface area contributed by atoms with Crippen molar-refractivity contribution >= 4 is 11.2 Å². The highest BCUT2D eigenvalue weighted by Gasteiger charge is 2.00. The lowest BCUT2D eigenvalue weighted by molar-refractivity contribution is 1.16. The third-order valence-electron chi connectivity index (χ3n) is 2.04. The Morgan fingerprint density at radius 3 is 2.85 bits per heavy atom. The van der Waals surface area contributed by atoms with Gasteiger partial charge >= 0.3 is 0 Å². The second kappa shape index (κ2) is 2.73. The van der Waals surface area contributed by atoms with E-state index in [2.05, 4.69) is 30.7 Å². The zero-order valence-corrected chi connectivity index (χ0v) is 7.91. The van der Waals surface area contributed by atoms with Crippen LogP contribution in [0.4, 0.5) is 0 Å². The summed E-state index contributed by atoms with van der Waals surface area (Å²) in [6.07, 6.45) is 4.07. The average Bonchev–Trinajstić information content (AvgIpc) is 2.46. The smallest absolute Gasteiger partial charge is 0.137 e. The Kier molecular flexibility index (Phi) is 1.69. The van der Waals surface area contributed by atoms with Crippen LogP contribution in [-0.2, 0) is 0 Å². The molecule has 0 atom stereocenters. The minimum Gasteiger partial charge on any atom is -0.306 e. The van der Waals surface area contributed by atoms with Crippen LogP contribution in [0.3, 0.4) is 0 Å². The topological polar surface area (TPSA) is 17.3 Å². The number of rotatable bonds is 1. The number of allylic oxidation sites excluding steroid dienone is 1. The Hall–Kier alpha value is -1.57. The molecule has 66 valence electrons. The van der Waals surface area contributed by atoms with Gasteiger partial charge in [0.25, 0.3) is 0 Å². The Morgan fingerprint density at radius 2 is 2.15 bits per heavy atom. The fraction of sp³-hybridized carbons (Fsp3) is 0.182. The maximum Gasteiger partial charge on any atom is 0.137 e. The summed E-state index contributed by atoms with van der Waals surface area (Å²) in [5.74, 6) is 0. The van der Waals surface area contributed by atoms with E-state index in [9.17, 15) is 0 Å². The third kappa shape index (κ3) is 1.35. The van der Waals surface area contributed by atoms with Gasteiger partial charge in [-0.3, -0.25) is 0 Å². The molecule has 0 N–H and O–H groups in total. The standard InChI is InChI=1S/C11H12N2/c1-8(2)10-7-13-6-9(3)4-5-11(13)12-10/h4-7H,1H2,2-3H3. The van der Waals surface area contributed by atoms with Gasteiger partial charge < -0.3 is 4.40 Å². The summed E-state index contributed by atoms with van der Waals surface area (Å²) in [5.41, 5.74) is 4.17. The Morgan fingerprint density at radius 1 is 1.38 bits per heavy atom. The predicted molar refractivity (Wildman–Crippen MR) is 54.6 cm³/mol. The van der Waals surface area contributed by atoms with Crippen molar-refractivity contribution in [2.24, 2.45) is 0 Å². The van der Waals surface area contributed by atoms with Gasteiger partial charge in [-0.25, -0.2) is 4.98 Å². The van der Waals surface area contributed by atoms with Crippen molar-refractivity contribution in [1.82, 2.24) is 9.38 Å². The van der Waals surface area contributed by atoms with Crippen LogP contribution in [0, 0.1) is 6.92 Å². The normalized spacial score (nSPS) is 10.6. The molecule has 0 bridgehead atoms. The first-order valence-corrected chi connectivity index (χ1v) is 4.28. The molecule has 13 heavy (non-hydrogen) atoms. The Bertz CT molecular complexity index is 466. The number of aromatic nitrogens is 2. The van der Waals surface area contributed by atoms with Crippen molar-refractivity contribution < 1.29 is 0 Å². The molecular formula is C11H12N2. The largest absolute Gasteiger partial charge is 0.306 e. The van der Waals surface area contributed by atoms with E-state index in [0.29, 0.717) is 0 Å². The number of hydrogen-bond acceptors (Lipinski definition) is 1. The summed E-state index contributed by atoms with van der Waals surface area (Å²) in [5, 5.41) is 0. The minimum atomic E-state index is 0.964. The molecule has 0 fully saturated rings. The number of aryl methyl sites for hydroxylation is 1. The summed E-state index contributed by atoms with van der Waals surface area (Å²) in [4.78, 5) is 4.42. The van der Waals surface area contributed by atoms with E-state index in [1.54, 1.807) is 0 Å². The van der Waals surface area contributed by atoms with Gasteiger partial charge in [-0.05, 0) is 31.1 Å². The van der Waals surface area contributed by atoms with E-state index >= 15 is 0 Å². The third-order valence-corrected chi connectivity index (χ3v) is 2.04. The van der Waals surface area contributed by atoms with Crippen LogP contribution in [0.5, 0.6) is 0 Å². The molecule has 2 heteroatoms. The number of nitrogens with zero attached hydrogens (tertiary/aromatic N) is 2. The first-order valence-electron chi connectivity index (χ1n) is 4.28.